The molecule has 3 nitrogen and oxygen atoms in total. The van der Waals surface area contributed by atoms with E-state index < -0.39 is 0 Å². The van der Waals surface area contributed by atoms with E-state index in [4.69, 9.17) is 5.41 Å². The lowest BCUT2D eigenvalue weighted by molar-refractivity contribution is 1.17. The standard InChI is InChI=1S/C4H5N3S/c5-3-7-4-6-1-2-8-4/h5H,1-2H2. The fourth-order valence-corrected chi connectivity index (χ4v) is 1.10. The molecule has 1 aliphatic heterocycles. The van der Waals surface area contributed by atoms with Crippen LogP contribution in [0.15, 0.2) is 9.98 Å². The lowest BCUT2D eigenvalue weighted by atomic mass is 10.8. The second kappa shape index (κ2) is 2.64. The lowest BCUT2D eigenvalue weighted by Gasteiger charge is -1.78. The van der Waals surface area contributed by atoms with Gasteiger partial charge in [0.2, 0.25) is 0 Å². The maximum atomic E-state index is 6.46. The largest absolute Gasteiger partial charge is 0.259 e. The first kappa shape index (κ1) is 5.54. The smallest absolute Gasteiger partial charge is 0.193 e. The van der Waals surface area contributed by atoms with E-state index in [1.54, 1.807) is 11.8 Å². The summed E-state index contributed by atoms with van der Waals surface area (Å²) >= 11 is 1.57. The van der Waals surface area contributed by atoms with Gasteiger partial charge in [0, 0.05) is 5.75 Å². The van der Waals surface area contributed by atoms with Crippen molar-refractivity contribution in [2.45, 2.75) is 0 Å². The fourth-order valence-electron chi connectivity index (χ4n) is 0.439. The van der Waals surface area contributed by atoms with Crippen LogP contribution in [0.4, 0.5) is 0 Å². The van der Waals surface area contributed by atoms with Gasteiger partial charge in [-0.25, -0.2) is 5.41 Å². The first-order valence-corrected chi connectivity index (χ1v) is 3.22. The molecule has 42 valence electrons. The summed E-state index contributed by atoms with van der Waals surface area (Å²) in [5, 5.41) is 7.15. The van der Waals surface area contributed by atoms with Crippen LogP contribution in [-0.4, -0.2) is 23.5 Å². The van der Waals surface area contributed by atoms with E-state index in [0.717, 1.165) is 12.3 Å². The van der Waals surface area contributed by atoms with Gasteiger partial charge in [-0.2, -0.15) is 4.99 Å². The molecule has 0 radical (unpaired) electrons. The second-order valence-corrected chi connectivity index (χ2v) is 2.30. The van der Waals surface area contributed by atoms with Gasteiger partial charge in [0.1, 0.15) is 0 Å². The van der Waals surface area contributed by atoms with Gasteiger partial charge in [0.15, 0.2) is 5.17 Å². The summed E-state index contributed by atoms with van der Waals surface area (Å²) in [4.78, 5) is 7.51. The SMILES string of the molecule is N=C=NC1=NCCS1. The van der Waals surface area contributed by atoms with Crippen molar-refractivity contribution in [3.8, 4) is 0 Å². The summed E-state index contributed by atoms with van der Waals surface area (Å²) < 4.78 is 0. The van der Waals surface area contributed by atoms with E-state index in [9.17, 15) is 0 Å². The highest BCUT2D eigenvalue weighted by Gasteiger charge is 2.02. The predicted octanol–water partition coefficient (Wildman–Crippen LogP) is 0.842. The molecular formula is C4H5N3S. The molecule has 0 atom stereocenters. The Labute approximate surface area is 51.4 Å². The maximum Gasteiger partial charge on any atom is 0.193 e. The molecule has 0 aromatic heterocycles. The molecule has 0 fully saturated rings. The van der Waals surface area contributed by atoms with Gasteiger partial charge < -0.3 is 0 Å². The number of nitrogens with zero attached hydrogens (tertiary/aromatic N) is 2. The Morgan fingerprint density at radius 2 is 2.75 bits per heavy atom. The van der Waals surface area contributed by atoms with Gasteiger partial charge in [-0.1, -0.05) is 11.8 Å². The minimum Gasteiger partial charge on any atom is -0.259 e. The normalized spacial score (nSPS) is 17.2. The third kappa shape index (κ3) is 1.18. The molecule has 1 rings (SSSR count). The van der Waals surface area contributed by atoms with E-state index in [2.05, 4.69) is 9.98 Å². The Morgan fingerprint density at radius 3 is 3.25 bits per heavy atom. The zero-order chi connectivity index (χ0) is 5.82. The van der Waals surface area contributed by atoms with Crippen LogP contribution >= 0.6 is 11.8 Å². The van der Waals surface area contributed by atoms with E-state index in [1.165, 1.54) is 0 Å². The Morgan fingerprint density at radius 1 is 1.88 bits per heavy atom. The van der Waals surface area contributed by atoms with Crippen molar-refractivity contribution in [3.05, 3.63) is 0 Å². The first-order valence-electron chi connectivity index (χ1n) is 2.23. The highest BCUT2D eigenvalue weighted by Crippen LogP contribution is 2.10. The monoisotopic (exact) mass is 127 g/mol. The number of nitrogens with one attached hydrogen (secondary N) is 1. The molecule has 0 spiro atoms. The average molecular weight is 127 g/mol. The topological polar surface area (TPSA) is 48.6 Å². The number of hydrogen-bond acceptors (Lipinski definition) is 4. The molecule has 0 amide bonds. The van der Waals surface area contributed by atoms with Crippen LogP contribution in [0.3, 0.4) is 0 Å². The molecule has 4 heteroatoms. The number of aliphatic imine (C=N–C) groups is 2. The Kier molecular flexibility index (Phi) is 1.83. The van der Waals surface area contributed by atoms with Gasteiger partial charge >= 0.3 is 0 Å². The minimum absolute atomic E-state index is 0.694. The molecule has 0 saturated heterocycles. The quantitative estimate of drug-likeness (QED) is 0.481. The van der Waals surface area contributed by atoms with Gasteiger partial charge in [-0.3, -0.25) is 4.99 Å². The maximum absolute atomic E-state index is 6.46. The molecule has 8 heavy (non-hydrogen) atoms. The third-order valence-electron chi connectivity index (χ3n) is 0.721. The van der Waals surface area contributed by atoms with E-state index >= 15 is 0 Å². The summed E-state index contributed by atoms with van der Waals surface area (Å²) in [5.41, 5.74) is 0. The van der Waals surface area contributed by atoms with Crippen molar-refractivity contribution in [3.63, 3.8) is 0 Å². The average Bonchev–Trinajstić information content (AvgIpc) is 2.19. The summed E-state index contributed by atoms with van der Waals surface area (Å²) in [6.45, 7) is 0.838. The predicted molar refractivity (Wildman–Crippen MR) is 34.9 cm³/mol. The van der Waals surface area contributed by atoms with Crippen LogP contribution in [0.25, 0.3) is 0 Å². The molecule has 0 aromatic rings. The van der Waals surface area contributed by atoms with Crippen molar-refractivity contribution in [1.29, 1.82) is 5.41 Å². The van der Waals surface area contributed by atoms with Crippen LogP contribution in [-0.2, 0) is 0 Å². The first-order chi connectivity index (χ1) is 3.93. The Hall–Kier alpha value is -0.600. The summed E-state index contributed by atoms with van der Waals surface area (Å²) in [5.74, 6) is 1.00. The summed E-state index contributed by atoms with van der Waals surface area (Å²) in [7, 11) is 0. The van der Waals surface area contributed by atoms with Crippen LogP contribution in [0.2, 0.25) is 0 Å². The van der Waals surface area contributed by atoms with Crippen LogP contribution in [0.1, 0.15) is 0 Å². The van der Waals surface area contributed by atoms with Crippen molar-refractivity contribution in [1.82, 2.24) is 0 Å². The molecular weight excluding hydrogens is 122 g/mol. The Balaban J connectivity index is 2.57. The van der Waals surface area contributed by atoms with Gasteiger partial charge in [0.05, 0.1) is 12.6 Å². The lowest BCUT2D eigenvalue weighted by Crippen LogP contribution is -1.76. The van der Waals surface area contributed by atoms with Crippen molar-refractivity contribution >= 4 is 22.9 Å². The number of amidine groups is 1. The van der Waals surface area contributed by atoms with E-state index in [-0.39, 0.29) is 0 Å². The Bertz CT molecular complexity index is 157. The molecule has 0 saturated carbocycles. The fraction of sp³-hybridized carbons (Fsp3) is 0.500. The molecule has 0 unspecified atom stereocenters. The van der Waals surface area contributed by atoms with Crippen LogP contribution < -0.4 is 0 Å². The second-order valence-electron chi connectivity index (χ2n) is 1.24. The minimum atomic E-state index is 0.694. The number of hydrogen-bond donors (Lipinski definition) is 1. The molecule has 1 heterocycles. The van der Waals surface area contributed by atoms with Crippen LogP contribution in [0.5, 0.6) is 0 Å². The molecule has 1 aliphatic rings. The van der Waals surface area contributed by atoms with E-state index in [1.807, 2.05) is 6.01 Å². The van der Waals surface area contributed by atoms with Gasteiger partial charge in [-0.05, 0) is 0 Å². The van der Waals surface area contributed by atoms with Gasteiger partial charge in [0.25, 0.3) is 0 Å². The zero-order valence-electron chi connectivity index (χ0n) is 4.22. The van der Waals surface area contributed by atoms with Crippen molar-refractivity contribution in [2.75, 3.05) is 12.3 Å². The molecule has 1 N–H and O–H groups in total. The third-order valence-corrected chi connectivity index (χ3v) is 1.59. The highest BCUT2D eigenvalue weighted by molar-refractivity contribution is 8.14. The highest BCUT2D eigenvalue weighted by atomic mass is 32.2. The molecule has 0 bridgehead atoms. The number of thioether (sulfide) groups is 1. The van der Waals surface area contributed by atoms with Crippen LogP contribution in [0, 0.1) is 5.41 Å². The number of rotatable bonds is 0. The summed E-state index contributed by atoms with van der Waals surface area (Å²) in [6, 6.07) is 1.93. The van der Waals surface area contributed by atoms with Crippen molar-refractivity contribution in [2.24, 2.45) is 9.98 Å². The molecule has 0 aliphatic carbocycles. The summed E-state index contributed by atoms with van der Waals surface area (Å²) in [6.07, 6.45) is 0. The van der Waals surface area contributed by atoms with Crippen molar-refractivity contribution < 1.29 is 0 Å². The molecule has 0 aromatic carbocycles. The van der Waals surface area contributed by atoms with E-state index in [0.29, 0.717) is 5.17 Å². The zero-order valence-corrected chi connectivity index (χ0v) is 5.03. The van der Waals surface area contributed by atoms with Gasteiger partial charge in [-0.15, -0.1) is 0 Å².